The molecule has 25 heavy (non-hydrogen) atoms. The van der Waals surface area contributed by atoms with Gasteiger partial charge in [-0.3, -0.25) is 14.9 Å². The molecule has 0 aliphatic heterocycles. The van der Waals surface area contributed by atoms with E-state index in [-0.39, 0.29) is 18.2 Å². The van der Waals surface area contributed by atoms with Gasteiger partial charge in [-0.15, -0.1) is 0 Å². The van der Waals surface area contributed by atoms with Crippen molar-refractivity contribution in [2.45, 2.75) is 6.92 Å². The number of nitro groups is 1. The van der Waals surface area contributed by atoms with Crippen molar-refractivity contribution in [2.75, 3.05) is 6.61 Å². The Labute approximate surface area is 144 Å². The first-order chi connectivity index (χ1) is 12.1. The number of aryl methyl sites for hydroxylation is 1. The van der Waals surface area contributed by atoms with E-state index >= 15 is 0 Å². The van der Waals surface area contributed by atoms with Gasteiger partial charge in [-0.1, -0.05) is 24.3 Å². The lowest BCUT2D eigenvalue weighted by atomic mass is 10.2. The van der Waals surface area contributed by atoms with E-state index in [4.69, 9.17) is 4.74 Å². The summed E-state index contributed by atoms with van der Waals surface area (Å²) in [4.78, 5) is 21.7. The fourth-order valence-corrected chi connectivity index (χ4v) is 1.91. The van der Waals surface area contributed by atoms with Crippen molar-refractivity contribution in [3.05, 3.63) is 75.8 Å². The molecule has 0 heterocycles. The predicted octanol–water partition coefficient (Wildman–Crippen LogP) is 3.10. The minimum atomic E-state index is -0.455. The molecule has 2 rings (SSSR count). The number of amides is 1. The molecule has 0 saturated heterocycles. The van der Waals surface area contributed by atoms with Crippen molar-refractivity contribution in [3.8, 4) is 5.75 Å². The van der Waals surface area contributed by atoms with Crippen molar-refractivity contribution >= 4 is 23.9 Å². The molecule has 0 aliphatic rings. The van der Waals surface area contributed by atoms with Gasteiger partial charge < -0.3 is 4.74 Å². The number of hydrogen-bond acceptors (Lipinski definition) is 5. The third kappa shape index (κ3) is 5.91. The number of carbonyl (C=O) groups excluding carboxylic acids is 1. The van der Waals surface area contributed by atoms with Gasteiger partial charge in [0.25, 0.3) is 11.6 Å². The summed E-state index contributed by atoms with van der Waals surface area (Å²) in [5.74, 6) is 0.280. The fraction of sp³-hybridized carbons (Fsp3) is 0.111. The molecule has 0 aromatic heterocycles. The number of ether oxygens (including phenoxy) is 1. The van der Waals surface area contributed by atoms with E-state index in [0.717, 1.165) is 11.1 Å². The van der Waals surface area contributed by atoms with Crippen LogP contribution in [0.3, 0.4) is 0 Å². The van der Waals surface area contributed by atoms with E-state index < -0.39 is 4.92 Å². The zero-order valence-electron chi connectivity index (χ0n) is 13.6. The Balaban J connectivity index is 1.75. The maximum absolute atomic E-state index is 11.6. The summed E-state index contributed by atoms with van der Waals surface area (Å²) < 4.78 is 5.40. The summed E-state index contributed by atoms with van der Waals surface area (Å²) >= 11 is 0. The lowest BCUT2D eigenvalue weighted by Crippen LogP contribution is -2.24. The zero-order chi connectivity index (χ0) is 18.1. The Bertz CT molecular complexity index is 798. The Morgan fingerprint density at radius 2 is 1.96 bits per heavy atom. The number of nitro benzene ring substituents is 1. The summed E-state index contributed by atoms with van der Waals surface area (Å²) in [5.41, 5.74) is 4.11. The smallest absolute Gasteiger partial charge is 0.277 e. The van der Waals surface area contributed by atoms with E-state index in [0.29, 0.717) is 5.75 Å². The van der Waals surface area contributed by atoms with Crippen LogP contribution in [-0.4, -0.2) is 23.7 Å². The first-order valence-corrected chi connectivity index (χ1v) is 7.48. The molecule has 2 aromatic rings. The second kappa shape index (κ2) is 8.97. The predicted molar refractivity (Wildman–Crippen MR) is 95.4 cm³/mol. The van der Waals surface area contributed by atoms with Crippen LogP contribution in [0.1, 0.15) is 11.1 Å². The highest BCUT2D eigenvalue weighted by Gasteiger charge is 2.03. The molecule has 0 radical (unpaired) electrons. The van der Waals surface area contributed by atoms with E-state index in [1.54, 1.807) is 30.4 Å². The second-order valence-electron chi connectivity index (χ2n) is 5.08. The monoisotopic (exact) mass is 339 g/mol. The van der Waals surface area contributed by atoms with Gasteiger partial charge in [0, 0.05) is 18.3 Å². The molecule has 7 nitrogen and oxygen atoms in total. The van der Waals surface area contributed by atoms with E-state index in [1.807, 2.05) is 25.1 Å². The summed E-state index contributed by atoms with van der Waals surface area (Å²) in [6, 6.07) is 13.5. The van der Waals surface area contributed by atoms with Gasteiger partial charge in [0.05, 0.1) is 4.92 Å². The van der Waals surface area contributed by atoms with Crippen LogP contribution in [0.25, 0.3) is 6.08 Å². The number of rotatable bonds is 7. The van der Waals surface area contributed by atoms with Crippen LogP contribution < -0.4 is 10.2 Å². The third-order valence-electron chi connectivity index (χ3n) is 3.19. The van der Waals surface area contributed by atoms with Crippen LogP contribution in [0.15, 0.2) is 59.7 Å². The van der Waals surface area contributed by atoms with Gasteiger partial charge in [-0.05, 0) is 42.3 Å². The van der Waals surface area contributed by atoms with Crippen LogP contribution in [0.2, 0.25) is 0 Å². The molecule has 128 valence electrons. The highest BCUT2D eigenvalue weighted by Crippen LogP contribution is 2.15. The molecule has 1 N–H and O–H groups in total. The summed E-state index contributed by atoms with van der Waals surface area (Å²) in [6.45, 7) is 1.77. The Kier molecular flexibility index (Phi) is 6.41. The van der Waals surface area contributed by atoms with E-state index in [2.05, 4.69) is 10.5 Å². The Morgan fingerprint density at radius 1 is 1.24 bits per heavy atom. The molecular formula is C18H17N3O4. The fourth-order valence-electron chi connectivity index (χ4n) is 1.91. The normalized spacial score (nSPS) is 10.9. The number of carbonyl (C=O) groups is 1. The average molecular weight is 339 g/mol. The highest BCUT2D eigenvalue weighted by molar-refractivity contribution is 5.82. The van der Waals surface area contributed by atoms with Gasteiger partial charge in [0.15, 0.2) is 6.61 Å². The van der Waals surface area contributed by atoms with Gasteiger partial charge >= 0.3 is 0 Å². The topological polar surface area (TPSA) is 93.8 Å². The molecule has 0 unspecified atom stereocenters. The number of benzene rings is 2. The molecule has 0 spiro atoms. The minimum Gasteiger partial charge on any atom is -0.483 e. The first-order valence-electron chi connectivity index (χ1n) is 7.48. The molecule has 1 amide bonds. The van der Waals surface area contributed by atoms with Crippen molar-refractivity contribution in [3.63, 3.8) is 0 Å². The lowest BCUT2D eigenvalue weighted by molar-refractivity contribution is -0.384. The molecule has 0 fully saturated rings. The van der Waals surface area contributed by atoms with Crippen molar-refractivity contribution in [1.29, 1.82) is 0 Å². The molecule has 0 bridgehead atoms. The van der Waals surface area contributed by atoms with Gasteiger partial charge in [-0.25, -0.2) is 5.43 Å². The number of allylic oxidation sites excluding steroid dienone is 1. The second-order valence-corrected chi connectivity index (χ2v) is 5.08. The van der Waals surface area contributed by atoms with E-state index in [1.165, 1.54) is 18.3 Å². The van der Waals surface area contributed by atoms with Gasteiger partial charge in [-0.2, -0.15) is 5.10 Å². The molecule has 0 aliphatic carbocycles. The van der Waals surface area contributed by atoms with Crippen LogP contribution in [-0.2, 0) is 4.79 Å². The largest absolute Gasteiger partial charge is 0.483 e. The number of non-ortho nitro benzene ring substituents is 1. The lowest BCUT2D eigenvalue weighted by Gasteiger charge is -2.07. The quantitative estimate of drug-likeness (QED) is 0.476. The average Bonchev–Trinajstić information content (AvgIpc) is 2.61. The highest BCUT2D eigenvalue weighted by atomic mass is 16.6. The molecular weight excluding hydrogens is 322 g/mol. The van der Waals surface area contributed by atoms with Gasteiger partial charge in [0.1, 0.15) is 5.75 Å². The molecule has 7 heteroatoms. The summed E-state index contributed by atoms with van der Waals surface area (Å²) in [7, 11) is 0. The number of nitrogens with one attached hydrogen (secondary N) is 1. The molecule has 0 saturated carbocycles. The maximum atomic E-state index is 11.6. The molecule has 0 atom stereocenters. The van der Waals surface area contributed by atoms with Gasteiger partial charge in [0.2, 0.25) is 0 Å². The van der Waals surface area contributed by atoms with Crippen molar-refractivity contribution < 1.29 is 14.5 Å². The minimum absolute atomic E-state index is 0.0340. The van der Waals surface area contributed by atoms with Crippen LogP contribution >= 0.6 is 0 Å². The first kappa shape index (κ1) is 17.9. The molecule has 2 aromatic carbocycles. The number of hydrogen-bond donors (Lipinski definition) is 1. The number of hydrazone groups is 1. The number of para-hydroxylation sites is 1. The van der Waals surface area contributed by atoms with Crippen molar-refractivity contribution in [2.24, 2.45) is 5.10 Å². The number of nitrogens with zero attached hydrogens (tertiary/aromatic N) is 2. The summed E-state index contributed by atoms with van der Waals surface area (Å²) in [6.07, 6.45) is 4.74. The maximum Gasteiger partial charge on any atom is 0.277 e. The SMILES string of the molecule is Cc1ccccc1OCC(=O)NN=CC=Cc1ccc([N+](=O)[O-])cc1. The third-order valence-corrected chi connectivity index (χ3v) is 3.19. The van der Waals surface area contributed by atoms with Crippen LogP contribution in [0, 0.1) is 17.0 Å². The summed E-state index contributed by atoms with van der Waals surface area (Å²) in [5, 5.41) is 14.3. The van der Waals surface area contributed by atoms with Crippen LogP contribution in [0.5, 0.6) is 5.75 Å². The van der Waals surface area contributed by atoms with Crippen LogP contribution in [0.4, 0.5) is 5.69 Å². The Hall–Kier alpha value is -3.48. The van der Waals surface area contributed by atoms with Crippen molar-refractivity contribution in [1.82, 2.24) is 5.43 Å². The Morgan fingerprint density at radius 3 is 2.64 bits per heavy atom. The zero-order valence-corrected chi connectivity index (χ0v) is 13.6. The standard InChI is InChI=1S/C18H17N3O4/c1-14-5-2-3-7-17(14)25-13-18(22)20-19-12-4-6-15-8-10-16(11-9-15)21(23)24/h2-12H,13H2,1H3,(H,20,22). The van der Waals surface area contributed by atoms with E-state index in [9.17, 15) is 14.9 Å².